The first-order valence-corrected chi connectivity index (χ1v) is 6.49. The predicted octanol–water partition coefficient (Wildman–Crippen LogP) is 3.68. The minimum atomic E-state index is 0.164. The van der Waals surface area contributed by atoms with E-state index in [9.17, 15) is 0 Å². The van der Waals surface area contributed by atoms with Crippen LogP contribution in [-0.4, -0.2) is 6.04 Å². The van der Waals surface area contributed by atoms with Gasteiger partial charge in [0.2, 0.25) is 0 Å². The van der Waals surface area contributed by atoms with Gasteiger partial charge in [-0.25, -0.2) is 0 Å². The van der Waals surface area contributed by atoms with Gasteiger partial charge in [0, 0.05) is 17.1 Å². The zero-order valence-corrected chi connectivity index (χ0v) is 10.7. The third-order valence-electron chi connectivity index (χ3n) is 3.49. The summed E-state index contributed by atoms with van der Waals surface area (Å²) >= 11 is 5.98. The molecule has 0 aliphatic heterocycles. The van der Waals surface area contributed by atoms with E-state index < -0.39 is 0 Å². The molecule has 2 rings (SSSR count). The van der Waals surface area contributed by atoms with E-state index in [-0.39, 0.29) is 12.0 Å². The number of rotatable bonds is 3. The molecule has 0 radical (unpaired) electrons. The van der Waals surface area contributed by atoms with Gasteiger partial charge in [0.1, 0.15) is 0 Å². The molecule has 1 aromatic rings. The van der Waals surface area contributed by atoms with Crippen LogP contribution in [0.25, 0.3) is 0 Å². The monoisotopic (exact) mass is 248 g/mol. The van der Waals surface area contributed by atoms with Gasteiger partial charge in [-0.1, -0.05) is 30.2 Å². The van der Waals surface area contributed by atoms with Crippen molar-refractivity contribution in [3.8, 4) is 6.07 Å². The lowest BCUT2D eigenvalue weighted by molar-refractivity contribution is 0.417. The Morgan fingerprint density at radius 2 is 2.29 bits per heavy atom. The average Bonchev–Trinajstić information content (AvgIpc) is 2.76. The maximum atomic E-state index is 9.05. The summed E-state index contributed by atoms with van der Waals surface area (Å²) in [5, 5.41) is 13.4. The molecule has 0 amide bonds. The lowest BCUT2D eigenvalue weighted by Gasteiger charge is -2.22. The summed E-state index contributed by atoms with van der Waals surface area (Å²) in [5.41, 5.74) is 1.18. The van der Waals surface area contributed by atoms with Gasteiger partial charge in [0.05, 0.1) is 12.0 Å². The van der Waals surface area contributed by atoms with Gasteiger partial charge in [-0.2, -0.15) is 5.26 Å². The quantitative estimate of drug-likeness (QED) is 0.886. The fourth-order valence-electron chi connectivity index (χ4n) is 2.51. The highest BCUT2D eigenvalue weighted by molar-refractivity contribution is 6.30. The predicted molar refractivity (Wildman–Crippen MR) is 69.7 cm³/mol. The highest BCUT2D eigenvalue weighted by Crippen LogP contribution is 2.27. The van der Waals surface area contributed by atoms with Crippen LogP contribution in [0.15, 0.2) is 24.3 Å². The third kappa shape index (κ3) is 3.00. The van der Waals surface area contributed by atoms with Crippen LogP contribution in [-0.2, 0) is 0 Å². The Bertz CT molecular complexity index is 424. The summed E-state index contributed by atoms with van der Waals surface area (Å²) in [6.45, 7) is 2.12. The van der Waals surface area contributed by atoms with Crippen molar-refractivity contribution in [3.63, 3.8) is 0 Å². The van der Waals surface area contributed by atoms with E-state index in [4.69, 9.17) is 16.9 Å². The van der Waals surface area contributed by atoms with E-state index in [2.05, 4.69) is 24.4 Å². The normalized spacial score (nSPS) is 25.5. The van der Waals surface area contributed by atoms with Crippen molar-refractivity contribution >= 4 is 11.6 Å². The molecular weight excluding hydrogens is 232 g/mol. The number of benzene rings is 1. The van der Waals surface area contributed by atoms with Crippen LogP contribution < -0.4 is 5.32 Å². The molecule has 3 heteroatoms. The molecule has 0 bridgehead atoms. The first kappa shape index (κ1) is 12.4. The highest BCUT2D eigenvalue weighted by Gasteiger charge is 2.28. The van der Waals surface area contributed by atoms with Crippen molar-refractivity contribution in [2.75, 3.05) is 0 Å². The van der Waals surface area contributed by atoms with E-state index in [1.54, 1.807) is 0 Å². The molecule has 0 aromatic heterocycles. The van der Waals surface area contributed by atoms with Gasteiger partial charge in [0.15, 0.2) is 0 Å². The lowest BCUT2D eigenvalue weighted by Crippen LogP contribution is -2.33. The Balaban J connectivity index is 2.02. The lowest BCUT2D eigenvalue weighted by atomic mass is 10.0. The molecule has 2 unspecified atom stereocenters. The summed E-state index contributed by atoms with van der Waals surface area (Å²) in [6, 6.07) is 10.9. The maximum absolute atomic E-state index is 9.05. The Hall–Kier alpha value is -1.04. The SMILES string of the molecule is C[C@@H](NC1CCCC1C#N)c1cccc(Cl)c1. The summed E-state index contributed by atoms with van der Waals surface area (Å²) in [7, 11) is 0. The first-order valence-electron chi connectivity index (χ1n) is 6.12. The topological polar surface area (TPSA) is 35.8 Å². The fourth-order valence-corrected chi connectivity index (χ4v) is 2.71. The molecule has 0 heterocycles. The van der Waals surface area contributed by atoms with E-state index in [1.807, 2.05) is 18.2 Å². The molecule has 1 N–H and O–H groups in total. The van der Waals surface area contributed by atoms with Crippen LogP contribution in [0.5, 0.6) is 0 Å². The second kappa shape index (κ2) is 5.53. The number of nitrogens with zero attached hydrogens (tertiary/aromatic N) is 1. The van der Waals surface area contributed by atoms with Crippen LogP contribution in [0.2, 0.25) is 5.02 Å². The summed E-state index contributed by atoms with van der Waals surface area (Å²) in [6.07, 6.45) is 3.28. The van der Waals surface area contributed by atoms with Crippen molar-refractivity contribution < 1.29 is 0 Å². The molecule has 1 aromatic carbocycles. The van der Waals surface area contributed by atoms with Gasteiger partial charge in [-0.05, 0) is 37.5 Å². The smallest absolute Gasteiger partial charge is 0.0672 e. The summed E-state index contributed by atoms with van der Waals surface area (Å²) < 4.78 is 0. The van der Waals surface area contributed by atoms with Gasteiger partial charge in [0.25, 0.3) is 0 Å². The van der Waals surface area contributed by atoms with Crippen molar-refractivity contribution in [2.24, 2.45) is 5.92 Å². The molecule has 1 fully saturated rings. The highest BCUT2D eigenvalue weighted by atomic mass is 35.5. The third-order valence-corrected chi connectivity index (χ3v) is 3.73. The Kier molecular flexibility index (Phi) is 4.04. The minimum absolute atomic E-state index is 0.164. The maximum Gasteiger partial charge on any atom is 0.0672 e. The summed E-state index contributed by atoms with van der Waals surface area (Å²) in [4.78, 5) is 0. The van der Waals surface area contributed by atoms with E-state index in [1.165, 1.54) is 5.56 Å². The number of halogens is 1. The molecule has 0 spiro atoms. The van der Waals surface area contributed by atoms with Crippen molar-refractivity contribution in [3.05, 3.63) is 34.9 Å². The molecule has 2 nitrogen and oxygen atoms in total. The van der Waals surface area contributed by atoms with Gasteiger partial charge in [-0.3, -0.25) is 0 Å². The molecule has 90 valence electrons. The molecule has 1 aliphatic rings. The Labute approximate surface area is 108 Å². The molecule has 3 atom stereocenters. The number of nitrogens with one attached hydrogen (secondary N) is 1. The first-order chi connectivity index (χ1) is 8.20. The van der Waals surface area contributed by atoms with Crippen LogP contribution in [0.1, 0.15) is 37.8 Å². The minimum Gasteiger partial charge on any atom is -0.306 e. The Morgan fingerprint density at radius 3 is 3.00 bits per heavy atom. The van der Waals surface area contributed by atoms with Crippen LogP contribution in [0.4, 0.5) is 0 Å². The number of hydrogen-bond donors (Lipinski definition) is 1. The van der Waals surface area contributed by atoms with E-state index >= 15 is 0 Å². The van der Waals surface area contributed by atoms with E-state index in [0.29, 0.717) is 6.04 Å². The average molecular weight is 249 g/mol. The van der Waals surface area contributed by atoms with Gasteiger partial charge in [-0.15, -0.1) is 0 Å². The molecule has 0 saturated heterocycles. The number of hydrogen-bond acceptors (Lipinski definition) is 2. The van der Waals surface area contributed by atoms with E-state index in [0.717, 1.165) is 24.3 Å². The zero-order chi connectivity index (χ0) is 12.3. The largest absolute Gasteiger partial charge is 0.306 e. The van der Waals surface area contributed by atoms with Crippen LogP contribution in [0.3, 0.4) is 0 Å². The molecule has 1 aliphatic carbocycles. The Morgan fingerprint density at radius 1 is 1.47 bits per heavy atom. The second-order valence-electron chi connectivity index (χ2n) is 4.72. The summed E-state index contributed by atoms with van der Waals surface area (Å²) in [5.74, 6) is 0.164. The number of nitriles is 1. The van der Waals surface area contributed by atoms with Gasteiger partial charge < -0.3 is 5.32 Å². The fraction of sp³-hybridized carbons (Fsp3) is 0.500. The zero-order valence-electron chi connectivity index (χ0n) is 9.99. The standard InChI is InChI=1S/C14H17ClN2/c1-10(11-4-2-6-13(15)8-11)17-14-7-3-5-12(14)9-16/h2,4,6,8,10,12,14,17H,3,5,7H2,1H3/t10-,12?,14?/m1/s1. The molecule has 17 heavy (non-hydrogen) atoms. The van der Waals surface area contributed by atoms with Gasteiger partial charge >= 0.3 is 0 Å². The molecular formula is C14H17ClN2. The van der Waals surface area contributed by atoms with Crippen LogP contribution >= 0.6 is 11.6 Å². The second-order valence-corrected chi connectivity index (χ2v) is 5.15. The van der Waals surface area contributed by atoms with Crippen LogP contribution in [0, 0.1) is 17.2 Å². The molecule has 1 saturated carbocycles. The van der Waals surface area contributed by atoms with Crippen molar-refractivity contribution in [1.82, 2.24) is 5.32 Å². The van der Waals surface area contributed by atoms with Crippen molar-refractivity contribution in [1.29, 1.82) is 5.26 Å². The van der Waals surface area contributed by atoms with Crippen molar-refractivity contribution in [2.45, 2.75) is 38.3 Å².